The van der Waals surface area contributed by atoms with Crippen molar-refractivity contribution in [3.8, 4) is 11.5 Å². The molecule has 0 saturated heterocycles. The molecule has 0 spiro atoms. The molecule has 1 unspecified atom stereocenters. The predicted molar refractivity (Wildman–Crippen MR) is 45.0 cm³/mol. The highest BCUT2D eigenvalue weighted by molar-refractivity contribution is 5.42. The second-order valence-electron chi connectivity index (χ2n) is 3.12. The van der Waals surface area contributed by atoms with Crippen LogP contribution in [0.3, 0.4) is 0 Å². The molecular formula is C10H11O2. The van der Waals surface area contributed by atoms with E-state index in [2.05, 4.69) is 6.92 Å². The summed E-state index contributed by atoms with van der Waals surface area (Å²) in [6, 6.07) is 5.00. The first-order chi connectivity index (χ1) is 5.79. The molecule has 1 aromatic rings. The Labute approximate surface area is 71.8 Å². The Morgan fingerprint density at radius 1 is 1.58 bits per heavy atom. The predicted octanol–water partition coefficient (Wildman–Crippen LogP) is 2.54. The maximum atomic E-state index is 11.0. The minimum Gasteiger partial charge on any atom is -0.490 e. The highest BCUT2D eigenvalue weighted by Crippen LogP contribution is 2.32. The first kappa shape index (κ1) is 7.47. The van der Waals surface area contributed by atoms with Crippen molar-refractivity contribution in [3.63, 3.8) is 0 Å². The minimum atomic E-state index is 0.0779. The zero-order valence-corrected chi connectivity index (χ0v) is 7.04. The van der Waals surface area contributed by atoms with Gasteiger partial charge in [0.05, 0.1) is 0 Å². The van der Waals surface area contributed by atoms with Crippen LogP contribution in [0.1, 0.15) is 18.9 Å². The third kappa shape index (κ3) is 1.13. The van der Waals surface area contributed by atoms with Gasteiger partial charge < -0.3 is 4.74 Å². The van der Waals surface area contributed by atoms with E-state index < -0.39 is 0 Å². The number of rotatable bonds is 1. The van der Waals surface area contributed by atoms with Crippen molar-refractivity contribution in [2.24, 2.45) is 0 Å². The molecule has 1 aliphatic heterocycles. The molecule has 0 fully saturated rings. The van der Waals surface area contributed by atoms with Crippen LogP contribution in [0.5, 0.6) is 11.5 Å². The van der Waals surface area contributed by atoms with Gasteiger partial charge in [0.25, 0.3) is 0 Å². The fourth-order valence-corrected chi connectivity index (χ4v) is 1.52. The summed E-state index contributed by atoms with van der Waals surface area (Å²) in [6.07, 6.45) is 2.17. The Morgan fingerprint density at radius 2 is 2.42 bits per heavy atom. The van der Waals surface area contributed by atoms with Gasteiger partial charge in [-0.25, -0.2) is 0 Å². The zero-order valence-electron chi connectivity index (χ0n) is 7.04. The third-order valence-corrected chi connectivity index (χ3v) is 2.23. The van der Waals surface area contributed by atoms with Gasteiger partial charge in [-0.05, 0) is 24.6 Å². The van der Waals surface area contributed by atoms with Crippen molar-refractivity contribution in [1.82, 2.24) is 0 Å². The summed E-state index contributed by atoms with van der Waals surface area (Å²) in [4.78, 5) is 0. The molecule has 63 valence electrons. The van der Waals surface area contributed by atoms with Gasteiger partial charge in [-0.3, -0.25) is 5.11 Å². The molecule has 0 amide bonds. The lowest BCUT2D eigenvalue weighted by molar-refractivity contribution is 0.228. The van der Waals surface area contributed by atoms with Crippen molar-refractivity contribution in [2.45, 2.75) is 25.9 Å². The first-order valence-corrected chi connectivity index (χ1v) is 4.26. The molecule has 1 aliphatic rings. The van der Waals surface area contributed by atoms with Crippen molar-refractivity contribution in [1.29, 1.82) is 0 Å². The van der Waals surface area contributed by atoms with Crippen LogP contribution in [-0.2, 0) is 11.5 Å². The molecular weight excluding hydrogens is 152 g/mol. The van der Waals surface area contributed by atoms with E-state index in [1.807, 2.05) is 0 Å². The molecule has 1 atom stereocenters. The molecule has 0 aliphatic carbocycles. The van der Waals surface area contributed by atoms with Gasteiger partial charge in [0.15, 0.2) is 5.75 Å². The summed E-state index contributed by atoms with van der Waals surface area (Å²) >= 11 is 0. The number of hydrogen-bond donors (Lipinski definition) is 0. The summed E-state index contributed by atoms with van der Waals surface area (Å²) in [5, 5.41) is 11.0. The van der Waals surface area contributed by atoms with Gasteiger partial charge in [-0.2, -0.15) is 0 Å². The fraction of sp³-hybridized carbons (Fsp3) is 0.400. The molecule has 2 heteroatoms. The number of hydrogen-bond acceptors (Lipinski definition) is 1. The Balaban J connectivity index is 2.30. The Morgan fingerprint density at radius 3 is 3.17 bits per heavy atom. The van der Waals surface area contributed by atoms with E-state index in [0.29, 0.717) is 0 Å². The van der Waals surface area contributed by atoms with Crippen LogP contribution in [-0.4, -0.2) is 6.10 Å². The van der Waals surface area contributed by atoms with E-state index >= 15 is 0 Å². The second-order valence-corrected chi connectivity index (χ2v) is 3.12. The van der Waals surface area contributed by atoms with Gasteiger partial charge >= 0.3 is 0 Å². The molecule has 0 saturated carbocycles. The number of benzene rings is 1. The summed E-state index contributed by atoms with van der Waals surface area (Å²) < 4.78 is 5.57. The van der Waals surface area contributed by atoms with Crippen LogP contribution in [0.2, 0.25) is 0 Å². The Hall–Kier alpha value is -1.18. The van der Waals surface area contributed by atoms with Crippen molar-refractivity contribution in [3.05, 3.63) is 23.8 Å². The molecule has 1 heterocycles. The quantitative estimate of drug-likeness (QED) is 0.625. The van der Waals surface area contributed by atoms with E-state index in [9.17, 15) is 5.11 Å². The Bertz CT molecular complexity index is 294. The van der Waals surface area contributed by atoms with E-state index in [0.717, 1.165) is 24.2 Å². The SMILES string of the molecule is CCC1Cc2cc([O])ccc2O1. The molecule has 0 aromatic heterocycles. The lowest BCUT2D eigenvalue weighted by atomic mass is 10.1. The van der Waals surface area contributed by atoms with E-state index in [4.69, 9.17) is 4.74 Å². The molecule has 2 rings (SSSR count). The Kier molecular flexibility index (Phi) is 1.68. The summed E-state index contributed by atoms with van der Waals surface area (Å²) in [5.74, 6) is 0.968. The molecule has 12 heavy (non-hydrogen) atoms. The highest BCUT2D eigenvalue weighted by Gasteiger charge is 2.21. The van der Waals surface area contributed by atoms with Crippen LogP contribution in [0.25, 0.3) is 0 Å². The van der Waals surface area contributed by atoms with Gasteiger partial charge in [-0.15, -0.1) is 0 Å². The van der Waals surface area contributed by atoms with Crippen molar-refractivity contribution in [2.75, 3.05) is 0 Å². The van der Waals surface area contributed by atoms with Crippen LogP contribution >= 0.6 is 0 Å². The lowest BCUT2D eigenvalue weighted by Crippen LogP contribution is -2.10. The van der Waals surface area contributed by atoms with Crippen LogP contribution in [0, 0.1) is 0 Å². The zero-order chi connectivity index (χ0) is 8.55. The molecule has 0 bridgehead atoms. The van der Waals surface area contributed by atoms with E-state index in [-0.39, 0.29) is 11.9 Å². The van der Waals surface area contributed by atoms with E-state index in [1.54, 1.807) is 18.2 Å². The molecule has 1 aromatic carbocycles. The van der Waals surface area contributed by atoms with Crippen molar-refractivity contribution < 1.29 is 9.84 Å². The second kappa shape index (κ2) is 2.70. The van der Waals surface area contributed by atoms with Gasteiger partial charge in [-0.1, -0.05) is 6.92 Å². The molecule has 1 radical (unpaired) electrons. The highest BCUT2D eigenvalue weighted by atomic mass is 16.5. The monoisotopic (exact) mass is 163 g/mol. The maximum Gasteiger partial charge on any atom is 0.179 e. The lowest BCUT2D eigenvalue weighted by Gasteiger charge is -2.05. The van der Waals surface area contributed by atoms with Crippen LogP contribution in [0.15, 0.2) is 18.2 Å². The van der Waals surface area contributed by atoms with E-state index in [1.165, 1.54) is 0 Å². The largest absolute Gasteiger partial charge is 0.490 e. The summed E-state index contributed by atoms with van der Waals surface area (Å²) in [7, 11) is 0. The summed E-state index contributed by atoms with van der Waals surface area (Å²) in [5.41, 5.74) is 1.06. The first-order valence-electron chi connectivity index (χ1n) is 4.26. The van der Waals surface area contributed by atoms with Gasteiger partial charge in [0, 0.05) is 12.0 Å². The normalized spacial score (nSPS) is 20.2. The minimum absolute atomic E-state index is 0.0779. The summed E-state index contributed by atoms with van der Waals surface area (Å²) in [6.45, 7) is 2.09. The topological polar surface area (TPSA) is 29.1 Å². The molecule has 2 nitrogen and oxygen atoms in total. The average molecular weight is 163 g/mol. The van der Waals surface area contributed by atoms with Crippen LogP contribution < -0.4 is 4.74 Å². The van der Waals surface area contributed by atoms with Gasteiger partial charge in [0.1, 0.15) is 11.9 Å². The molecule has 0 N–H and O–H groups in total. The third-order valence-electron chi connectivity index (χ3n) is 2.23. The maximum absolute atomic E-state index is 11.0. The standard InChI is InChI=1S/C10H11O2/c1-2-9-6-7-5-8(11)3-4-10(7)12-9/h3-5,9H,2,6H2,1H3. The number of fused-ring (bicyclic) bond motifs is 1. The number of ether oxygens (including phenoxy) is 1. The smallest absolute Gasteiger partial charge is 0.179 e. The van der Waals surface area contributed by atoms with Crippen LogP contribution in [0.4, 0.5) is 0 Å². The average Bonchev–Trinajstić information content (AvgIpc) is 2.46. The fourth-order valence-electron chi connectivity index (χ4n) is 1.52. The van der Waals surface area contributed by atoms with Gasteiger partial charge in [0.2, 0.25) is 0 Å². The van der Waals surface area contributed by atoms with Crippen molar-refractivity contribution >= 4 is 0 Å².